The Hall–Kier alpha value is -2.83. The topological polar surface area (TPSA) is 94.6 Å². The van der Waals surface area contributed by atoms with Crippen molar-refractivity contribution in [2.45, 2.75) is 25.5 Å². The second-order valence-electron chi connectivity index (χ2n) is 5.03. The molecule has 1 fully saturated rings. The number of nitro groups is 1. The number of amides is 1. The molecule has 1 N–H and O–H groups in total. The van der Waals surface area contributed by atoms with Gasteiger partial charge in [-0.05, 0) is 31.0 Å². The number of furan rings is 1. The van der Waals surface area contributed by atoms with E-state index in [-0.39, 0.29) is 35.8 Å². The van der Waals surface area contributed by atoms with Gasteiger partial charge in [-0.3, -0.25) is 14.9 Å². The van der Waals surface area contributed by atoms with E-state index in [9.17, 15) is 14.9 Å². The molecule has 0 radical (unpaired) electrons. The summed E-state index contributed by atoms with van der Waals surface area (Å²) in [6.45, 7) is 0.0154. The monoisotopic (exact) mass is 302 g/mol. The fourth-order valence-electron chi connectivity index (χ4n) is 1.94. The van der Waals surface area contributed by atoms with Crippen LogP contribution in [0.2, 0.25) is 0 Å². The summed E-state index contributed by atoms with van der Waals surface area (Å²) in [6, 6.07) is 9.54. The highest BCUT2D eigenvalue weighted by molar-refractivity contribution is 5.91. The van der Waals surface area contributed by atoms with E-state index < -0.39 is 4.92 Å². The third kappa shape index (κ3) is 3.25. The molecule has 1 saturated carbocycles. The second-order valence-corrected chi connectivity index (χ2v) is 5.03. The molecule has 1 aromatic heterocycles. The molecular weight excluding hydrogens is 288 g/mol. The van der Waals surface area contributed by atoms with E-state index >= 15 is 0 Å². The van der Waals surface area contributed by atoms with Gasteiger partial charge in [0.25, 0.3) is 5.91 Å². The molecule has 7 heteroatoms. The quantitative estimate of drug-likeness (QED) is 0.654. The molecule has 0 unspecified atom stereocenters. The van der Waals surface area contributed by atoms with Crippen molar-refractivity contribution in [3.05, 3.63) is 58.0 Å². The van der Waals surface area contributed by atoms with Crippen LogP contribution in [0.4, 0.5) is 5.69 Å². The Morgan fingerprint density at radius 1 is 1.32 bits per heavy atom. The first kappa shape index (κ1) is 14.1. The Labute approximate surface area is 126 Å². The summed E-state index contributed by atoms with van der Waals surface area (Å²) in [5.41, 5.74) is -0.110. The average molecular weight is 302 g/mol. The Kier molecular flexibility index (Phi) is 3.78. The van der Waals surface area contributed by atoms with E-state index in [1.807, 2.05) is 0 Å². The predicted molar refractivity (Wildman–Crippen MR) is 76.6 cm³/mol. The molecule has 3 rings (SSSR count). The summed E-state index contributed by atoms with van der Waals surface area (Å²) in [4.78, 5) is 22.2. The molecule has 114 valence electrons. The number of nitro benzene ring substituents is 1. The lowest BCUT2D eigenvalue weighted by Gasteiger charge is -2.04. The number of hydrogen-bond acceptors (Lipinski definition) is 5. The maximum Gasteiger partial charge on any atom is 0.310 e. The Morgan fingerprint density at radius 2 is 2.09 bits per heavy atom. The molecule has 0 atom stereocenters. The molecule has 1 aliphatic carbocycles. The highest BCUT2D eigenvalue weighted by Gasteiger charge is 2.25. The molecule has 1 amide bonds. The highest BCUT2D eigenvalue weighted by Crippen LogP contribution is 2.27. The summed E-state index contributed by atoms with van der Waals surface area (Å²) < 4.78 is 10.8. The van der Waals surface area contributed by atoms with Gasteiger partial charge in [0, 0.05) is 12.1 Å². The zero-order valence-electron chi connectivity index (χ0n) is 11.7. The van der Waals surface area contributed by atoms with Crippen LogP contribution in [0.1, 0.15) is 29.2 Å². The normalized spacial score (nSPS) is 13.6. The van der Waals surface area contributed by atoms with Gasteiger partial charge in [0.1, 0.15) is 12.4 Å². The van der Waals surface area contributed by atoms with Gasteiger partial charge in [-0.1, -0.05) is 12.1 Å². The number of nitrogens with one attached hydrogen (secondary N) is 1. The van der Waals surface area contributed by atoms with Gasteiger partial charge in [-0.15, -0.1) is 0 Å². The van der Waals surface area contributed by atoms with E-state index in [4.69, 9.17) is 9.15 Å². The third-order valence-corrected chi connectivity index (χ3v) is 3.23. The third-order valence-electron chi connectivity index (χ3n) is 3.23. The molecule has 2 aromatic rings. The van der Waals surface area contributed by atoms with Crippen LogP contribution in [-0.4, -0.2) is 16.9 Å². The SMILES string of the molecule is O=C(NC1CC1)c1ccc(COc2ccccc2[N+](=O)[O-])o1. The summed E-state index contributed by atoms with van der Waals surface area (Å²) in [7, 11) is 0. The minimum Gasteiger partial charge on any atom is -0.479 e. The van der Waals surface area contributed by atoms with E-state index in [2.05, 4.69) is 5.32 Å². The number of para-hydroxylation sites is 2. The first-order valence-electron chi connectivity index (χ1n) is 6.89. The smallest absolute Gasteiger partial charge is 0.310 e. The summed E-state index contributed by atoms with van der Waals surface area (Å²) >= 11 is 0. The number of hydrogen-bond donors (Lipinski definition) is 1. The number of carbonyl (C=O) groups is 1. The Balaban J connectivity index is 1.63. The first-order chi connectivity index (χ1) is 10.6. The van der Waals surface area contributed by atoms with E-state index in [1.165, 1.54) is 12.1 Å². The van der Waals surface area contributed by atoms with Crippen molar-refractivity contribution in [2.75, 3.05) is 0 Å². The molecule has 1 aromatic carbocycles. The van der Waals surface area contributed by atoms with Crippen LogP contribution in [0, 0.1) is 10.1 Å². The molecular formula is C15H14N2O5. The van der Waals surface area contributed by atoms with Crippen LogP contribution in [0.25, 0.3) is 0 Å². The number of nitrogens with zero attached hydrogens (tertiary/aromatic N) is 1. The van der Waals surface area contributed by atoms with Gasteiger partial charge < -0.3 is 14.5 Å². The van der Waals surface area contributed by atoms with Crippen molar-refractivity contribution in [1.29, 1.82) is 0 Å². The fraction of sp³-hybridized carbons (Fsp3) is 0.267. The van der Waals surface area contributed by atoms with Gasteiger partial charge in [0.2, 0.25) is 0 Å². The van der Waals surface area contributed by atoms with Gasteiger partial charge in [0.15, 0.2) is 11.5 Å². The van der Waals surface area contributed by atoms with Crippen molar-refractivity contribution in [3.8, 4) is 5.75 Å². The van der Waals surface area contributed by atoms with Crippen molar-refractivity contribution >= 4 is 11.6 Å². The van der Waals surface area contributed by atoms with E-state index in [0.717, 1.165) is 12.8 Å². The lowest BCUT2D eigenvalue weighted by atomic mass is 10.3. The summed E-state index contributed by atoms with van der Waals surface area (Å²) in [5.74, 6) is 0.555. The van der Waals surface area contributed by atoms with Crippen LogP contribution in [0.5, 0.6) is 5.75 Å². The molecule has 7 nitrogen and oxygen atoms in total. The van der Waals surface area contributed by atoms with Gasteiger partial charge in [-0.2, -0.15) is 0 Å². The maximum absolute atomic E-state index is 11.8. The number of rotatable bonds is 6. The van der Waals surface area contributed by atoms with Crippen molar-refractivity contribution in [2.24, 2.45) is 0 Å². The summed E-state index contributed by atoms with van der Waals surface area (Å²) in [5, 5.41) is 13.7. The van der Waals surface area contributed by atoms with Gasteiger partial charge >= 0.3 is 5.69 Å². The predicted octanol–water partition coefficient (Wildman–Crippen LogP) is 2.66. The maximum atomic E-state index is 11.8. The Morgan fingerprint density at radius 3 is 2.82 bits per heavy atom. The average Bonchev–Trinajstić information content (AvgIpc) is 3.19. The summed E-state index contributed by atoms with van der Waals surface area (Å²) in [6.07, 6.45) is 2.00. The zero-order chi connectivity index (χ0) is 15.5. The van der Waals surface area contributed by atoms with Crippen LogP contribution in [0.15, 0.2) is 40.8 Å². The molecule has 0 spiro atoms. The standard InChI is InChI=1S/C15H14N2O5/c18-15(16-10-5-6-10)14-8-7-11(22-14)9-21-13-4-2-1-3-12(13)17(19)20/h1-4,7-8,10H,5-6,9H2,(H,16,18). The zero-order valence-corrected chi connectivity index (χ0v) is 11.7. The molecule has 22 heavy (non-hydrogen) atoms. The van der Waals surface area contributed by atoms with Crippen molar-refractivity contribution in [1.82, 2.24) is 5.32 Å². The minimum atomic E-state index is -0.508. The molecule has 0 saturated heterocycles. The largest absolute Gasteiger partial charge is 0.479 e. The van der Waals surface area contributed by atoms with Crippen LogP contribution >= 0.6 is 0 Å². The van der Waals surface area contributed by atoms with Gasteiger partial charge in [0.05, 0.1) is 4.92 Å². The van der Waals surface area contributed by atoms with Crippen LogP contribution < -0.4 is 10.1 Å². The second kappa shape index (κ2) is 5.88. The molecule has 0 bridgehead atoms. The number of ether oxygens (including phenoxy) is 1. The Bertz CT molecular complexity index is 705. The molecule has 0 aliphatic heterocycles. The molecule has 1 aliphatic rings. The van der Waals surface area contributed by atoms with Crippen molar-refractivity contribution in [3.63, 3.8) is 0 Å². The van der Waals surface area contributed by atoms with Gasteiger partial charge in [-0.25, -0.2) is 0 Å². The lowest BCUT2D eigenvalue weighted by molar-refractivity contribution is -0.386. The first-order valence-corrected chi connectivity index (χ1v) is 6.89. The van der Waals surface area contributed by atoms with E-state index in [1.54, 1.807) is 24.3 Å². The number of carbonyl (C=O) groups excluding carboxylic acids is 1. The van der Waals surface area contributed by atoms with Crippen LogP contribution in [0.3, 0.4) is 0 Å². The molecule has 1 heterocycles. The lowest BCUT2D eigenvalue weighted by Crippen LogP contribution is -2.24. The van der Waals surface area contributed by atoms with E-state index in [0.29, 0.717) is 5.76 Å². The number of benzene rings is 1. The fourth-order valence-corrected chi connectivity index (χ4v) is 1.94. The highest BCUT2D eigenvalue weighted by atomic mass is 16.6. The van der Waals surface area contributed by atoms with Crippen LogP contribution in [-0.2, 0) is 6.61 Å². The minimum absolute atomic E-state index is 0.0154. The van der Waals surface area contributed by atoms with Crippen molar-refractivity contribution < 1.29 is 18.9 Å².